The van der Waals surface area contributed by atoms with Crippen LogP contribution in [0.15, 0.2) is 66.7 Å². The summed E-state index contributed by atoms with van der Waals surface area (Å²) < 4.78 is 15.9. The molecule has 0 heterocycles. The van der Waals surface area contributed by atoms with Gasteiger partial charge in [0.15, 0.2) is 6.61 Å². The molecule has 3 rings (SSSR count). The van der Waals surface area contributed by atoms with Crippen LogP contribution in [0.3, 0.4) is 0 Å². The van der Waals surface area contributed by atoms with Gasteiger partial charge in [-0.05, 0) is 48.5 Å². The zero-order valence-electron chi connectivity index (χ0n) is 17.0. The monoisotopic (exact) mass is 440 g/mol. The maximum Gasteiger partial charge on any atom is 0.262 e. The summed E-state index contributed by atoms with van der Waals surface area (Å²) in [6.07, 6.45) is 0. The van der Waals surface area contributed by atoms with Crippen LogP contribution >= 0.6 is 11.6 Å². The third kappa shape index (κ3) is 5.90. The lowest BCUT2D eigenvalue weighted by molar-refractivity contribution is -0.118. The summed E-state index contributed by atoms with van der Waals surface area (Å²) in [5, 5.41) is 5.83. The number of carbonyl (C=O) groups is 2. The maximum absolute atomic E-state index is 12.5. The van der Waals surface area contributed by atoms with Crippen molar-refractivity contribution < 1.29 is 23.8 Å². The molecule has 7 nitrogen and oxygen atoms in total. The first-order chi connectivity index (χ1) is 15.0. The predicted octanol–water partition coefficient (Wildman–Crippen LogP) is 4.63. The Hall–Kier alpha value is -3.71. The fraction of sp³-hybridized carbons (Fsp3) is 0.130. The molecule has 3 aromatic rings. The first kappa shape index (κ1) is 22.0. The Morgan fingerprint density at radius 2 is 1.58 bits per heavy atom. The molecule has 2 amide bonds. The molecule has 0 aromatic heterocycles. The van der Waals surface area contributed by atoms with E-state index in [1.807, 2.05) is 0 Å². The van der Waals surface area contributed by atoms with Gasteiger partial charge in [0, 0.05) is 11.8 Å². The highest BCUT2D eigenvalue weighted by atomic mass is 35.5. The smallest absolute Gasteiger partial charge is 0.262 e. The molecule has 31 heavy (non-hydrogen) atoms. The van der Waals surface area contributed by atoms with Crippen molar-refractivity contribution in [3.8, 4) is 17.2 Å². The molecule has 0 spiro atoms. The van der Waals surface area contributed by atoms with Gasteiger partial charge in [-0.2, -0.15) is 0 Å². The minimum Gasteiger partial charge on any atom is -0.497 e. The Bertz CT molecular complexity index is 1070. The SMILES string of the molecule is COc1ccc(OCC(=O)Nc2ccc(NC(=O)c3ccccc3Cl)c(OC)c2)cc1. The number of halogens is 1. The Morgan fingerprint density at radius 3 is 2.26 bits per heavy atom. The highest BCUT2D eigenvalue weighted by Crippen LogP contribution is 2.29. The quantitative estimate of drug-likeness (QED) is 0.533. The molecule has 8 heteroatoms. The number of carbonyl (C=O) groups excluding carboxylic acids is 2. The second kappa shape index (κ2) is 10.4. The molecular weight excluding hydrogens is 420 g/mol. The van der Waals surface area contributed by atoms with E-state index < -0.39 is 0 Å². The van der Waals surface area contributed by atoms with Crippen molar-refractivity contribution in [3.05, 3.63) is 77.3 Å². The third-order valence-corrected chi connectivity index (χ3v) is 4.61. The van der Waals surface area contributed by atoms with Crippen molar-refractivity contribution >= 4 is 34.8 Å². The van der Waals surface area contributed by atoms with Gasteiger partial charge in [0.2, 0.25) is 0 Å². The van der Waals surface area contributed by atoms with Gasteiger partial charge in [0.25, 0.3) is 11.8 Å². The van der Waals surface area contributed by atoms with Crippen molar-refractivity contribution in [2.24, 2.45) is 0 Å². The van der Waals surface area contributed by atoms with Crippen LogP contribution in [-0.4, -0.2) is 32.6 Å². The lowest BCUT2D eigenvalue weighted by atomic mass is 10.2. The standard InChI is InChI=1S/C23H21ClN2O5/c1-29-16-8-10-17(11-9-16)31-14-22(27)25-15-7-12-20(21(13-15)30-2)26-23(28)18-5-3-4-6-19(18)24/h3-13H,14H2,1-2H3,(H,25,27)(H,26,28). The molecule has 0 aliphatic carbocycles. The topological polar surface area (TPSA) is 85.9 Å². The van der Waals surface area contributed by atoms with Crippen molar-refractivity contribution in [2.75, 3.05) is 31.5 Å². The molecule has 0 radical (unpaired) electrons. The van der Waals surface area contributed by atoms with E-state index >= 15 is 0 Å². The van der Waals surface area contributed by atoms with E-state index in [1.165, 1.54) is 7.11 Å². The fourth-order valence-electron chi connectivity index (χ4n) is 2.73. The summed E-state index contributed by atoms with van der Waals surface area (Å²) in [6, 6.07) is 18.5. The molecule has 2 N–H and O–H groups in total. The molecule has 3 aromatic carbocycles. The van der Waals surface area contributed by atoms with Gasteiger partial charge in [-0.1, -0.05) is 23.7 Å². The number of ether oxygens (including phenoxy) is 3. The Labute approximate surface area is 184 Å². The van der Waals surface area contributed by atoms with Gasteiger partial charge in [-0.15, -0.1) is 0 Å². The summed E-state index contributed by atoms with van der Waals surface area (Å²) in [5.41, 5.74) is 1.29. The number of nitrogens with one attached hydrogen (secondary N) is 2. The van der Waals surface area contributed by atoms with Crippen LogP contribution in [0.25, 0.3) is 0 Å². The lowest BCUT2D eigenvalue weighted by Gasteiger charge is -2.13. The van der Waals surface area contributed by atoms with E-state index in [4.69, 9.17) is 25.8 Å². The molecule has 0 aliphatic heterocycles. The average Bonchev–Trinajstić information content (AvgIpc) is 2.79. The number of hydrogen-bond acceptors (Lipinski definition) is 5. The zero-order valence-corrected chi connectivity index (χ0v) is 17.7. The number of benzene rings is 3. The lowest BCUT2D eigenvalue weighted by Crippen LogP contribution is -2.20. The summed E-state index contributed by atoms with van der Waals surface area (Å²) >= 11 is 6.07. The molecule has 0 atom stereocenters. The first-order valence-electron chi connectivity index (χ1n) is 9.31. The van der Waals surface area contributed by atoms with Crippen molar-refractivity contribution in [2.45, 2.75) is 0 Å². The van der Waals surface area contributed by atoms with Gasteiger partial charge < -0.3 is 24.8 Å². The van der Waals surface area contributed by atoms with Gasteiger partial charge in [0.1, 0.15) is 17.2 Å². The molecule has 0 aliphatic rings. The van der Waals surface area contributed by atoms with Crippen LogP contribution in [0.4, 0.5) is 11.4 Å². The van der Waals surface area contributed by atoms with Crippen molar-refractivity contribution in [1.29, 1.82) is 0 Å². The normalized spacial score (nSPS) is 10.2. The second-order valence-corrected chi connectivity index (χ2v) is 6.77. The minimum atomic E-state index is -0.367. The summed E-state index contributed by atoms with van der Waals surface area (Å²) in [4.78, 5) is 24.7. The average molecular weight is 441 g/mol. The summed E-state index contributed by atoms with van der Waals surface area (Å²) in [7, 11) is 3.05. The van der Waals surface area contributed by atoms with Crippen LogP contribution in [-0.2, 0) is 4.79 Å². The van der Waals surface area contributed by atoms with E-state index in [2.05, 4.69) is 10.6 Å². The number of methoxy groups -OCH3 is 2. The van der Waals surface area contributed by atoms with Crippen LogP contribution in [0.1, 0.15) is 10.4 Å². The molecule has 0 bridgehead atoms. The Kier molecular flexibility index (Phi) is 7.35. The number of rotatable bonds is 8. The predicted molar refractivity (Wildman–Crippen MR) is 120 cm³/mol. The van der Waals surface area contributed by atoms with Gasteiger partial charge in [-0.3, -0.25) is 9.59 Å². The Balaban J connectivity index is 1.61. The largest absolute Gasteiger partial charge is 0.497 e. The first-order valence-corrected chi connectivity index (χ1v) is 9.68. The van der Waals surface area contributed by atoms with Gasteiger partial charge in [-0.25, -0.2) is 0 Å². The zero-order chi connectivity index (χ0) is 22.2. The summed E-state index contributed by atoms with van der Waals surface area (Å²) in [5.74, 6) is 0.922. The van der Waals surface area contributed by atoms with E-state index in [1.54, 1.807) is 73.8 Å². The molecule has 0 saturated heterocycles. The maximum atomic E-state index is 12.5. The van der Waals surface area contributed by atoms with Crippen LogP contribution in [0.2, 0.25) is 5.02 Å². The van der Waals surface area contributed by atoms with Gasteiger partial charge in [0.05, 0.1) is 30.5 Å². The fourth-order valence-corrected chi connectivity index (χ4v) is 2.95. The molecule has 0 fully saturated rings. The van der Waals surface area contributed by atoms with Gasteiger partial charge >= 0.3 is 0 Å². The molecule has 160 valence electrons. The Morgan fingerprint density at radius 1 is 0.871 bits per heavy atom. The minimum absolute atomic E-state index is 0.167. The van der Waals surface area contributed by atoms with E-state index in [0.717, 1.165) is 0 Å². The van der Waals surface area contributed by atoms with Crippen LogP contribution in [0, 0.1) is 0 Å². The molecular formula is C23H21ClN2O5. The highest BCUT2D eigenvalue weighted by Gasteiger charge is 2.14. The molecule has 0 unspecified atom stereocenters. The van der Waals surface area contributed by atoms with Crippen LogP contribution in [0.5, 0.6) is 17.2 Å². The third-order valence-electron chi connectivity index (χ3n) is 4.28. The van der Waals surface area contributed by atoms with Crippen molar-refractivity contribution in [1.82, 2.24) is 0 Å². The highest BCUT2D eigenvalue weighted by molar-refractivity contribution is 6.34. The molecule has 0 saturated carbocycles. The van der Waals surface area contributed by atoms with Crippen LogP contribution < -0.4 is 24.8 Å². The van der Waals surface area contributed by atoms with E-state index in [0.29, 0.717) is 39.2 Å². The number of anilines is 2. The van der Waals surface area contributed by atoms with E-state index in [-0.39, 0.29) is 18.4 Å². The number of amides is 2. The second-order valence-electron chi connectivity index (χ2n) is 6.36. The van der Waals surface area contributed by atoms with E-state index in [9.17, 15) is 9.59 Å². The van der Waals surface area contributed by atoms with Crippen molar-refractivity contribution in [3.63, 3.8) is 0 Å². The number of hydrogen-bond donors (Lipinski definition) is 2. The summed E-state index contributed by atoms with van der Waals surface area (Å²) in [6.45, 7) is -0.167.